The van der Waals surface area contributed by atoms with Gasteiger partial charge in [0.1, 0.15) is 17.3 Å². The molecule has 0 spiro atoms. The third-order valence-electron chi connectivity index (χ3n) is 8.02. The minimum atomic E-state index is -0.937. The molecule has 0 bridgehead atoms. The Kier molecular flexibility index (Phi) is 8.64. The van der Waals surface area contributed by atoms with Gasteiger partial charge >= 0.3 is 0 Å². The number of rotatable bonds is 10. The van der Waals surface area contributed by atoms with Crippen LogP contribution >= 0.6 is 0 Å². The number of hydrogen-bond acceptors (Lipinski definition) is 7. The van der Waals surface area contributed by atoms with Crippen LogP contribution in [0.2, 0.25) is 0 Å². The van der Waals surface area contributed by atoms with Crippen LogP contribution in [0.15, 0.2) is 36.7 Å². The molecule has 2 aliphatic rings. The van der Waals surface area contributed by atoms with Crippen molar-refractivity contribution in [2.75, 3.05) is 39.3 Å². The first-order valence-corrected chi connectivity index (χ1v) is 13.9. The van der Waals surface area contributed by atoms with Gasteiger partial charge < -0.3 is 19.7 Å². The number of aromatic nitrogens is 2. The maximum atomic E-state index is 14.5. The van der Waals surface area contributed by atoms with E-state index in [-0.39, 0.29) is 37.7 Å². The highest BCUT2D eigenvalue weighted by Crippen LogP contribution is 2.29. The lowest BCUT2D eigenvalue weighted by Crippen LogP contribution is -2.51. The van der Waals surface area contributed by atoms with E-state index < -0.39 is 23.1 Å². The number of carbonyl (C=O) groups excluding carboxylic acids is 2. The van der Waals surface area contributed by atoms with Gasteiger partial charge in [0, 0.05) is 69.0 Å². The first kappa shape index (κ1) is 29.1. The molecule has 2 fully saturated rings. The monoisotopic (exact) mass is 571 g/mol. The molecule has 2 aliphatic heterocycles. The summed E-state index contributed by atoms with van der Waals surface area (Å²) in [5, 5.41) is 31.5. The molecule has 10 nitrogen and oxygen atoms in total. The molecular formula is C29H35F2N5O5. The van der Waals surface area contributed by atoms with Crippen LogP contribution in [0.5, 0.6) is 0 Å². The van der Waals surface area contributed by atoms with Crippen LogP contribution in [-0.2, 0) is 17.9 Å². The highest BCUT2D eigenvalue weighted by Gasteiger charge is 2.36. The van der Waals surface area contributed by atoms with Gasteiger partial charge in [-0.1, -0.05) is 6.07 Å². The summed E-state index contributed by atoms with van der Waals surface area (Å²) in [6, 6.07) is 5.02. The molecular weight excluding hydrogens is 536 g/mol. The number of aliphatic hydroxyl groups is 2. The van der Waals surface area contributed by atoms with Gasteiger partial charge in [-0.05, 0) is 43.4 Å². The normalized spacial score (nSPS) is 17.5. The fourth-order valence-corrected chi connectivity index (χ4v) is 5.68. The predicted molar refractivity (Wildman–Crippen MR) is 145 cm³/mol. The number of hydrogen-bond donors (Lipinski definition) is 3. The Bertz CT molecular complexity index is 1420. The Morgan fingerprint density at radius 2 is 1.88 bits per heavy atom. The molecule has 220 valence electrons. The van der Waals surface area contributed by atoms with Crippen molar-refractivity contribution in [3.05, 3.63) is 65.1 Å². The number of amides is 2. The maximum Gasteiger partial charge on any atom is 0.295 e. The number of β-amino-alcohol motifs (C(OH)–C–C–N with tert-alkyl or cyclic N) is 1. The van der Waals surface area contributed by atoms with Crippen LogP contribution in [0.1, 0.15) is 53.7 Å². The second kappa shape index (κ2) is 12.2. The summed E-state index contributed by atoms with van der Waals surface area (Å²) in [5.41, 5.74) is 0.862. The van der Waals surface area contributed by atoms with E-state index in [1.807, 2.05) is 6.20 Å². The number of hydroxylamine groups is 2. The van der Waals surface area contributed by atoms with Gasteiger partial charge in [0.25, 0.3) is 5.91 Å². The summed E-state index contributed by atoms with van der Waals surface area (Å²) in [7, 11) is 0. The molecule has 2 amide bonds. The minimum absolute atomic E-state index is 0.0215. The van der Waals surface area contributed by atoms with Gasteiger partial charge in [-0.25, -0.2) is 18.8 Å². The molecule has 0 atom stereocenters. The lowest BCUT2D eigenvalue weighted by Gasteiger charge is -2.40. The molecule has 3 N–H and O–H groups in total. The van der Waals surface area contributed by atoms with E-state index >= 15 is 0 Å². The van der Waals surface area contributed by atoms with Crippen LogP contribution in [-0.4, -0.2) is 96.6 Å². The lowest BCUT2D eigenvalue weighted by atomic mass is 9.90. The molecule has 0 aliphatic carbocycles. The van der Waals surface area contributed by atoms with Crippen LogP contribution in [0.3, 0.4) is 0 Å². The summed E-state index contributed by atoms with van der Waals surface area (Å²) in [6.45, 7) is 2.59. The second-order valence-electron chi connectivity index (χ2n) is 11.0. The van der Waals surface area contributed by atoms with Gasteiger partial charge in [-0.2, -0.15) is 0 Å². The summed E-state index contributed by atoms with van der Waals surface area (Å²) < 4.78 is 29.8. The Hall–Kier alpha value is -3.45. The van der Waals surface area contributed by atoms with Crippen LogP contribution in [0, 0.1) is 11.6 Å². The van der Waals surface area contributed by atoms with E-state index in [0.29, 0.717) is 73.5 Å². The maximum absolute atomic E-state index is 14.5. The molecule has 3 aromatic rings. The quantitative estimate of drug-likeness (QED) is 0.253. The molecule has 12 heteroatoms. The van der Waals surface area contributed by atoms with E-state index in [9.17, 15) is 28.7 Å². The Labute approximate surface area is 236 Å². The van der Waals surface area contributed by atoms with Crippen LogP contribution in [0.25, 0.3) is 10.9 Å². The number of likely N-dealkylation sites (tertiary alicyclic amines) is 2. The summed E-state index contributed by atoms with van der Waals surface area (Å²) in [4.78, 5) is 33.0. The van der Waals surface area contributed by atoms with E-state index in [4.69, 9.17) is 5.11 Å². The number of pyridine rings is 1. The van der Waals surface area contributed by atoms with Crippen molar-refractivity contribution in [3.63, 3.8) is 0 Å². The fraction of sp³-hybridized carbons (Fsp3) is 0.483. The zero-order valence-corrected chi connectivity index (χ0v) is 22.8. The minimum Gasteiger partial charge on any atom is -0.396 e. The van der Waals surface area contributed by atoms with Gasteiger partial charge in [-0.3, -0.25) is 19.7 Å². The molecule has 1 aromatic carbocycles. The van der Waals surface area contributed by atoms with Crippen molar-refractivity contribution in [2.24, 2.45) is 0 Å². The lowest BCUT2D eigenvalue weighted by molar-refractivity contribution is -0.132. The molecule has 5 rings (SSSR count). The van der Waals surface area contributed by atoms with E-state index in [2.05, 4.69) is 9.88 Å². The van der Waals surface area contributed by atoms with Crippen LogP contribution < -0.4 is 0 Å². The van der Waals surface area contributed by atoms with E-state index in [0.717, 1.165) is 18.1 Å². The van der Waals surface area contributed by atoms with Gasteiger partial charge in [0.15, 0.2) is 0 Å². The standard InChI is InChI=1S/C29H35F2N5O5/c30-22-5-4-20(24(31)13-22)17-35-18-21(23-14-25(32-15-26(23)35)28(39)36(41)9-2-12-37)16-33-10-6-29(40,7-11-33)19-34-8-1-3-27(34)38/h4-5,13-15,18,37,40-41H,1-3,6-12,16-17,19H2. The number of piperidine rings is 1. The average Bonchev–Trinajstić information content (AvgIpc) is 3.51. The zero-order valence-electron chi connectivity index (χ0n) is 22.8. The average molecular weight is 572 g/mol. The molecule has 0 unspecified atom stereocenters. The molecule has 4 heterocycles. The highest BCUT2D eigenvalue weighted by molar-refractivity contribution is 5.96. The van der Waals surface area contributed by atoms with Crippen molar-refractivity contribution in [1.29, 1.82) is 0 Å². The number of benzene rings is 1. The molecule has 2 saturated heterocycles. The number of carbonyl (C=O) groups is 2. The van der Waals surface area contributed by atoms with Crippen molar-refractivity contribution < 1.29 is 33.8 Å². The third-order valence-corrected chi connectivity index (χ3v) is 8.02. The predicted octanol–water partition coefficient (Wildman–Crippen LogP) is 2.53. The second-order valence-corrected chi connectivity index (χ2v) is 11.0. The van der Waals surface area contributed by atoms with Gasteiger partial charge in [-0.15, -0.1) is 0 Å². The third kappa shape index (κ3) is 6.56. The fourth-order valence-electron chi connectivity index (χ4n) is 5.68. The van der Waals surface area contributed by atoms with Crippen molar-refractivity contribution >= 4 is 22.7 Å². The summed E-state index contributed by atoms with van der Waals surface area (Å²) in [5.74, 6) is -1.95. The molecule has 2 aromatic heterocycles. The summed E-state index contributed by atoms with van der Waals surface area (Å²) in [6.07, 6.45) is 5.93. The van der Waals surface area contributed by atoms with Crippen molar-refractivity contribution in [3.8, 4) is 0 Å². The summed E-state index contributed by atoms with van der Waals surface area (Å²) >= 11 is 0. The Balaban J connectivity index is 1.38. The van der Waals surface area contributed by atoms with Crippen molar-refractivity contribution in [1.82, 2.24) is 24.4 Å². The first-order chi connectivity index (χ1) is 19.7. The Morgan fingerprint density at radius 1 is 1.10 bits per heavy atom. The zero-order chi connectivity index (χ0) is 29.1. The SMILES string of the molecule is O=C(c1cc2c(CN3CCC(O)(CN4CCCC4=O)CC3)cn(Cc3ccc(F)cc3F)c2cn1)N(O)CCCO. The van der Waals surface area contributed by atoms with E-state index in [1.54, 1.807) is 15.5 Å². The largest absolute Gasteiger partial charge is 0.396 e. The number of aliphatic hydroxyl groups excluding tert-OH is 1. The Morgan fingerprint density at radius 3 is 2.56 bits per heavy atom. The van der Waals surface area contributed by atoms with Crippen LogP contribution in [0.4, 0.5) is 8.78 Å². The highest BCUT2D eigenvalue weighted by atomic mass is 19.1. The smallest absolute Gasteiger partial charge is 0.295 e. The van der Waals surface area contributed by atoms with E-state index in [1.165, 1.54) is 18.3 Å². The van der Waals surface area contributed by atoms with Gasteiger partial charge in [0.2, 0.25) is 5.91 Å². The topological polar surface area (TPSA) is 122 Å². The molecule has 0 radical (unpaired) electrons. The number of halogens is 2. The number of fused-ring (bicyclic) bond motifs is 1. The number of nitrogens with zero attached hydrogens (tertiary/aromatic N) is 5. The molecule has 0 saturated carbocycles. The first-order valence-electron chi connectivity index (χ1n) is 13.9. The van der Waals surface area contributed by atoms with Crippen molar-refractivity contribution in [2.45, 2.75) is 50.8 Å². The van der Waals surface area contributed by atoms with Gasteiger partial charge in [0.05, 0.1) is 30.4 Å². The molecule has 41 heavy (non-hydrogen) atoms.